The molecule has 0 spiro atoms. The summed E-state index contributed by atoms with van der Waals surface area (Å²) in [5.74, 6) is 1.02. The summed E-state index contributed by atoms with van der Waals surface area (Å²) in [4.78, 5) is 0. The molecule has 0 radical (unpaired) electrons. The van der Waals surface area contributed by atoms with Crippen molar-refractivity contribution in [2.75, 3.05) is 11.9 Å². The third-order valence-corrected chi connectivity index (χ3v) is 3.85. The van der Waals surface area contributed by atoms with Crippen LogP contribution in [0, 0.1) is 5.41 Å². The zero-order chi connectivity index (χ0) is 11.3. The molecule has 1 aromatic carbocycles. The molecule has 0 aliphatic heterocycles. The first-order valence-corrected chi connectivity index (χ1v) is 6.48. The van der Waals surface area contributed by atoms with Gasteiger partial charge in [0, 0.05) is 10.7 Å². The van der Waals surface area contributed by atoms with Crippen LogP contribution < -0.4 is 4.74 Å². The van der Waals surface area contributed by atoms with E-state index in [2.05, 4.69) is 48.8 Å². The summed E-state index contributed by atoms with van der Waals surface area (Å²) >= 11 is 3.50. The van der Waals surface area contributed by atoms with E-state index in [0.29, 0.717) is 0 Å². The first kappa shape index (κ1) is 12.6. The fraction of sp³-hybridized carbons (Fsp3) is 0.538. The molecule has 0 N–H and O–H groups in total. The molecule has 0 aromatic heterocycles. The second-order valence-corrected chi connectivity index (χ2v) is 5.11. The third kappa shape index (κ3) is 3.86. The summed E-state index contributed by atoms with van der Waals surface area (Å²) in [7, 11) is 0. The van der Waals surface area contributed by atoms with Gasteiger partial charge < -0.3 is 4.74 Å². The summed E-state index contributed by atoms with van der Waals surface area (Å²) in [5, 5.41) is 0.953. The largest absolute Gasteiger partial charge is 0.493 e. The van der Waals surface area contributed by atoms with Gasteiger partial charge in [-0.1, -0.05) is 54.9 Å². The molecule has 1 rings (SSSR count). The number of para-hydroxylation sites is 1. The van der Waals surface area contributed by atoms with Crippen LogP contribution in [0.3, 0.4) is 0 Å². The molecule has 0 amide bonds. The Hall–Kier alpha value is -0.500. The average molecular weight is 271 g/mol. The van der Waals surface area contributed by atoms with Gasteiger partial charge in [0.25, 0.3) is 0 Å². The second kappa shape index (κ2) is 5.55. The summed E-state index contributed by atoms with van der Waals surface area (Å²) in [6, 6.07) is 8.25. The van der Waals surface area contributed by atoms with Crippen LogP contribution in [0.4, 0.5) is 0 Å². The zero-order valence-electron chi connectivity index (χ0n) is 9.72. The van der Waals surface area contributed by atoms with Crippen LogP contribution in [0.2, 0.25) is 0 Å². The molecule has 84 valence electrons. The highest BCUT2D eigenvalue weighted by Gasteiger charge is 2.17. The zero-order valence-corrected chi connectivity index (χ0v) is 11.3. The van der Waals surface area contributed by atoms with E-state index in [1.807, 2.05) is 12.1 Å². The molecule has 15 heavy (non-hydrogen) atoms. The number of hydrogen-bond acceptors (Lipinski definition) is 1. The van der Waals surface area contributed by atoms with Crippen molar-refractivity contribution in [1.82, 2.24) is 0 Å². The molecule has 0 fully saturated rings. The average Bonchev–Trinajstić information content (AvgIpc) is 2.27. The summed E-state index contributed by atoms with van der Waals surface area (Å²) < 4.78 is 5.85. The number of benzene rings is 1. The molecule has 0 aliphatic rings. The minimum Gasteiger partial charge on any atom is -0.493 e. The first-order chi connectivity index (χ1) is 7.09. The van der Waals surface area contributed by atoms with Crippen molar-refractivity contribution in [1.29, 1.82) is 0 Å². The summed E-state index contributed by atoms with van der Waals surface area (Å²) in [6.07, 6.45) is 1.02. The highest BCUT2D eigenvalue weighted by molar-refractivity contribution is 9.09. The van der Waals surface area contributed by atoms with Gasteiger partial charge in [0.05, 0.1) is 6.61 Å². The molecule has 0 saturated carbocycles. The topological polar surface area (TPSA) is 9.23 Å². The van der Waals surface area contributed by atoms with Crippen LogP contribution in [-0.4, -0.2) is 11.9 Å². The normalized spacial score (nSPS) is 11.5. The van der Waals surface area contributed by atoms with E-state index >= 15 is 0 Å². The Balaban J connectivity index is 2.65. The van der Waals surface area contributed by atoms with Crippen molar-refractivity contribution in [3.8, 4) is 5.75 Å². The first-order valence-electron chi connectivity index (χ1n) is 5.36. The second-order valence-electron chi connectivity index (χ2n) is 4.55. The molecular weight excluding hydrogens is 252 g/mol. The van der Waals surface area contributed by atoms with Crippen molar-refractivity contribution in [3.63, 3.8) is 0 Å². The van der Waals surface area contributed by atoms with E-state index in [9.17, 15) is 0 Å². The van der Waals surface area contributed by atoms with Crippen LogP contribution in [-0.2, 0) is 6.42 Å². The molecule has 0 bridgehead atoms. The van der Waals surface area contributed by atoms with Crippen LogP contribution in [0.1, 0.15) is 26.3 Å². The monoisotopic (exact) mass is 270 g/mol. The predicted molar refractivity (Wildman–Crippen MR) is 68.9 cm³/mol. The van der Waals surface area contributed by atoms with E-state index in [1.165, 1.54) is 5.56 Å². The maximum Gasteiger partial charge on any atom is 0.122 e. The lowest BCUT2D eigenvalue weighted by molar-refractivity contribution is 0.201. The van der Waals surface area contributed by atoms with Gasteiger partial charge in [-0.05, 0) is 18.1 Å². The molecule has 2 heteroatoms. The molecule has 0 heterocycles. The number of ether oxygens (including phenoxy) is 1. The molecule has 0 saturated heterocycles. The number of alkyl halides is 1. The minimum atomic E-state index is 0.181. The van der Waals surface area contributed by atoms with Gasteiger partial charge >= 0.3 is 0 Å². The van der Waals surface area contributed by atoms with Gasteiger partial charge in [0.1, 0.15) is 5.75 Å². The standard InChI is InChI=1S/C13H19BrO/c1-4-11-7-5-6-8-12(11)15-10-13(2,3)9-14/h5-8H,4,9-10H2,1-3H3. The van der Waals surface area contributed by atoms with E-state index in [4.69, 9.17) is 4.74 Å². The van der Waals surface area contributed by atoms with E-state index in [1.54, 1.807) is 0 Å². The van der Waals surface area contributed by atoms with Crippen molar-refractivity contribution in [2.45, 2.75) is 27.2 Å². The van der Waals surface area contributed by atoms with Gasteiger partial charge in [0.15, 0.2) is 0 Å². The Morgan fingerprint density at radius 2 is 1.93 bits per heavy atom. The molecule has 1 nitrogen and oxygen atoms in total. The van der Waals surface area contributed by atoms with Crippen molar-refractivity contribution >= 4 is 15.9 Å². The third-order valence-electron chi connectivity index (χ3n) is 2.33. The lowest BCUT2D eigenvalue weighted by Gasteiger charge is -2.22. The molecule has 0 aliphatic carbocycles. The number of halogens is 1. The Kier molecular flexibility index (Phi) is 4.65. The SMILES string of the molecule is CCc1ccccc1OCC(C)(C)CBr. The Morgan fingerprint density at radius 3 is 2.53 bits per heavy atom. The van der Waals surface area contributed by atoms with Crippen molar-refractivity contribution in [2.24, 2.45) is 5.41 Å². The maximum atomic E-state index is 5.85. The van der Waals surface area contributed by atoms with E-state index in [-0.39, 0.29) is 5.41 Å². The highest BCUT2D eigenvalue weighted by Crippen LogP contribution is 2.23. The van der Waals surface area contributed by atoms with Crippen molar-refractivity contribution < 1.29 is 4.74 Å². The van der Waals surface area contributed by atoms with Gasteiger partial charge in [-0.15, -0.1) is 0 Å². The molecule has 0 unspecified atom stereocenters. The Labute approximate surface area is 101 Å². The lowest BCUT2D eigenvalue weighted by atomic mass is 9.98. The van der Waals surface area contributed by atoms with Crippen LogP contribution in [0.15, 0.2) is 24.3 Å². The van der Waals surface area contributed by atoms with Crippen LogP contribution in [0.25, 0.3) is 0 Å². The smallest absolute Gasteiger partial charge is 0.122 e. The van der Waals surface area contributed by atoms with Crippen molar-refractivity contribution in [3.05, 3.63) is 29.8 Å². The Bertz CT molecular complexity index is 307. The lowest BCUT2D eigenvalue weighted by Crippen LogP contribution is -2.23. The molecular formula is C13H19BrO. The van der Waals surface area contributed by atoms with Gasteiger partial charge in [0.2, 0.25) is 0 Å². The fourth-order valence-corrected chi connectivity index (χ4v) is 1.41. The maximum absolute atomic E-state index is 5.85. The minimum absolute atomic E-state index is 0.181. The Morgan fingerprint density at radius 1 is 1.27 bits per heavy atom. The number of hydrogen-bond donors (Lipinski definition) is 0. The number of rotatable bonds is 5. The quantitative estimate of drug-likeness (QED) is 0.734. The van der Waals surface area contributed by atoms with E-state index in [0.717, 1.165) is 24.1 Å². The predicted octanol–water partition coefficient (Wildman–Crippen LogP) is 4.05. The van der Waals surface area contributed by atoms with Gasteiger partial charge in [-0.3, -0.25) is 0 Å². The van der Waals surface area contributed by atoms with Gasteiger partial charge in [-0.25, -0.2) is 0 Å². The molecule has 0 atom stereocenters. The summed E-state index contributed by atoms with van der Waals surface area (Å²) in [5.41, 5.74) is 1.46. The summed E-state index contributed by atoms with van der Waals surface area (Å²) in [6.45, 7) is 7.28. The fourth-order valence-electron chi connectivity index (χ4n) is 1.25. The molecule has 1 aromatic rings. The number of aryl methyl sites for hydroxylation is 1. The van der Waals surface area contributed by atoms with Gasteiger partial charge in [-0.2, -0.15) is 0 Å². The van der Waals surface area contributed by atoms with Crippen LogP contribution >= 0.6 is 15.9 Å². The van der Waals surface area contributed by atoms with Crippen LogP contribution in [0.5, 0.6) is 5.75 Å². The van der Waals surface area contributed by atoms with E-state index < -0.39 is 0 Å². The highest BCUT2D eigenvalue weighted by atomic mass is 79.9.